The first-order chi connectivity index (χ1) is 15.6. The number of rotatable bonds is 7. The van der Waals surface area contributed by atoms with Gasteiger partial charge in [-0.3, -0.25) is 4.79 Å². The number of para-hydroxylation sites is 1. The molecule has 0 atom stereocenters. The van der Waals surface area contributed by atoms with E-state index in [4.69, 9.17) is 9.47 Å². The van der Waals surface area contributed by atoms with Gasteiger partial charge in [0.15, 0.2) is 5.78 Å². The van der Waals surface area contributed by atoms with E-state index in [0.717, 1.165) is 16.8 Å². The molecule has 0 N–H and O–H groups in total. The van der Waals surface area contributed by atoms with Crippen molar-refractivity contribution >= 4 is 11.9 Å². The SMILES string of the molecule is COc1ccc(C(=O)/C=C/c2cn(-c3ccccc3)nc2-c2ccc(F)cc2)c(OC)c1. The molecule has 0 aliphatic rings. The smallest absolute Gasteiger partial charge is 0.189 e. The van der Waals surface area contributed by atoms with Gasteiger partial charge in [-0.15, -0.1) is 0 Å². The number of methoxy groups -OCH3 is 2. The molecule has 0 amide bonds. The summed E-state index contributed by atoms with van der Waals surface area (Å²) in [5.74, 6) is 0.486. The molecule has 32 heavy (non-hydrogen) atoms. The zero-order chi connectivity index (χ0) is 22.5. The van der Waals surface area contributed by atoms with E-state index >= 15 is 0 Å². The van der Waals surface area contributed by atoms with E-state index in [1.165, 1.54) is 25.3 Å². The first kappa shape index (κ1) is 21.1. The Balaban J connectivity index is 1.72. The molecular weight excluding hydrogens is 407 g/mol. The van der Waals surface area contributed by atoms with Crippen molar-refractivity contribution in [2.24, 2.45) is 0 Å². The number of halogens is 1. The van der Waals surface area contributed by atoms with E-state index in [0.29, 0.717) is 22.8 Å². The van der Waals surface area contributed by atoms with Crippen LogP contribution in [0.3, 0.4) is 0 Å². The van der Waals surface area contributed by atoms with E-state index in [2.05, 4.69) is 5.10 Å². The highest BCUT2D eigenvalue weighted by Gasteiger charge is 2.14. The standard InChI is InChI=1S/C26H21FN2O3/c1-31-22-13-14-23(25(16-22)32-2)24(30)15-10-19-17-29(21-6-4-3-5-7-21)28-26(19)18-8-11-20(27)12-9-18/h3-17H,1-2H3/b15-10+. The third-order valence-electron chi connectivity index (χ3n) is 4.97. The molecule has 0 aliphatic carbocycles. The van der Waals surface area contributed by atoms with E-state index in [-0.39, 0.29) is 11.6 Å². The molecule has 0 bridgehead atoms. The number of ketones is 1. The molecule has 1 heterocycles. The lowest BCUT2D eigenvalue weighted by Crippen LogP contribution is -1.99. The normalized spacial score (nSPS) is 11.0. The molecule has 0 aliphatic heterocycles. The molecule has 1 aromatic heterocycles. The summed E-state index contributed by atoms with van der Waals surface area (Å²) < 4.78 is 25.7. The summed E-state index contributed by atoms with van der Waals surface area (Å²) in [7, 11) is 3.06. The minimum absolute atomic E-state index is 0.220. The average molecular weight is 428 g/mol. The van der Waals surface area contributed by atoms with Crippen LogP contribution >= 0.6 is 0 Å². The van der Waals surface area contributed by atoms with Crippen LogP contribution in [0.5, 0.6) is 11.5 Å². The number of benzene rings is 3. The summed E-state index contributed by atoms with van der Waals surface area (Å²) in [5.41, 5.74) is 3.40. The number of hydrogen-bond donors (Lipinski definition) is 0. The Labute approximate surface area is 185 Å². The molecule has 0 saturated carbocycles. The Kier molecular flexibility index (Phi) is 6.12. The Morgan fingerprint density at radius 1 is 0.969 bits per heavy atom. The van der Waals surface area contributed by atoms with Crippen LogP contribution in [-0.2, 0) is 0 Å². The maximum absolute atomic E-state index is 13.4. The van der Waals surface area contributed by atoms with Gasteiger partial charge in [0.25, 0.3) is 0 Å². The third-order valence-corrected chi connectivity index (χ3v) is 4.97. The Bertz CT molecular complexity index is 1260. The first-order valence-corrected chi connectivity index (χ1v) is 9.94. The van der Waals surface area contributed by atoms with Crippen molar-refractivity contribution in [3.8, 4) is 28.4 Å². The minimum atomic E-state index is -0.324. The molecule has 0 unspecified atom stereocenters. The molecule has 0 saturated heterocycles. The van der Waals surface area contributed by atoms with Crippen LogP contribution in [-0.4, -0.2) is 29.8 Å². The van der Waals surface area contributed by atoms with E-state index < -0.39 is 0 Å². The molecule has 160 valence electrons. The van der Waals surface area contributed by atoms with Gasteiger partial charge in [0.05, 0.1) is 31.2 Å². The summed E-state index contributed by atoms with van der Waals surface area (Å²) in [6.07, 6.45) is 5.02. The predicted octanol–water partition coefficient (Wildman–Crippen LogP) is 5.59. The van der Waals surface area contributed by atoms with Crippen LogP contribution in [0.25, 0.3) is 23.0 Å². The van der Waals surface area contributed by atoms with Crippen LogP contribution in [0.1, 0.15) is 15.9 Å². The molecule has 4 aromatic rings. The van der Waals surface area contributed by atoms with Gasteiger partial charge in [-0.2, -0.15) is 5.10 Å². The summed E-state index contributed by atoms with van der Waals surface area (Å²) in [6, 6.07) is 20.8. The van der Waals surface area contributed by atoms with Crippen molar-refractivity contribution in [1.29, 1.82) is 0 Å². The number of carbonyl (C=O) groups is 1. The number of aromatic nitrogens is 2. The quantitative estimate of drug-likeness (QED) is 0.284. The highest BCUT2D eigenvalue weighted by molar-refractivity contribution is 6.09. The number of ether oxygens (including phenoxy) is 2. The van der Waals surface area contributed by atoms with Gasteiger partial charge in [0.1, 0.15) is 17.3 Å². The molecule has 3 aromatic carbocycles. The fourth-order valence-electron chi connectivity index (χ4n) is 3.31. The number of hydrogen-bond acceptors (Lipinski definition) is 4. The van der Waals surface area contributed by atoms with Crippen molar-refractivity contribution in [1.82, 2.24) is 9.78 Å². The largest absolute Gasteiger partial charge is 0.497 e. The molecule has 4 rings (SSSR count). The first-order valence-electron chi connectivity index (χ1n) is 9.94. The zero-order valence-corrected chi connectivity index (χ0v) is 17.7. The van der Waals surface area contributed by atoms with Gasteiger partial charge >= 0.3 is 0 Å². The van der Waals surface area contributed by atoms with Crippen LogP contribution in [0.2, 0.25) is 0 Å². The van der Waals surface area contributed by atoms with Crippen LogP contribution in [0, 0.1) is 5.82 Å². The summed E-state index contributed by atoms with van der Waals surface area (Å²) in [4.78, 5) is 12.9. The van der Waals surface area contributed by atoms with Crippen molar-refractivity contribution < 1.29 is 18.7 Å². The van der Waals surface area contributed by atoms with Crippen LogP contribution in [0.15, 0.2) is 85.1 Å². The van der Waals surface area contributed by atoms with E-state index in [1.807, 2.05) is 36.5 Å². The third kappa shape index (κ3) is 4.44. The summed E-state index contributed by atoms with van der Waals surface area (Å²) in [5, 5.41) is 4.68. The van der Waals surface area contributed by atoms with Gasteiger partial charge in [-0.05, 0) is 60.7 Å². The molecular formula is C26H21FN2O3. The average Bonchev–Trinajstić information content (AvgIpc) is 3.27. The van der Waals surface area contributed by atoms with Gasteiger partial charge in [0, 0.05) is 23.4 Å². The van der Waals surface area contributed by atoms with Gasteiger partial charge in [-0.1, -0.05) is 18.2 Å². The molecule has 0 spiro atoms. The fraction of sp³-hybridized carbons (Fsp3) is 0.0769. The monoisotopic (exact) mass is 428 g/mol. The molecule has 5 nitrogen and oxygen atoms in total. The summed E-state index contributed by atoms with van der Waals surface area (Å²) >= 11 is 0. The molecule has 6 heteroatoms. The summed E-state index contributed by atoms with van der Waals surface area (Å²) in [6.45, 7) is 0. The lowest BCUT2D eigenvalue weighted by molar-refractivity contribution is 0.104. The number of nitrogens with zero attached hydrogens (tertiary/aromatic N) is 2. The van der Waals surface area contributed by atoms with E-state index in [1.54, 1.807) is 48.2 Å². The van der Waals surface area contributed by atoms with Gasteiger partial charge in [0.2, 0.25) is 0 Å². The van der Waals surface area contributed by atoms with Gasteiger partial charge in [-0.25, -0.2) is 9.07 Å². The van der Waals surface area contributed by atoms with Crippen LogP contribution < -0.4 is 9.47 Å². The lowest BCUT2D eigenvalue weighted by Gasteiger charge is -2.07. The number of allylic oxidation sites excluding steroid dienone is 1. The highest BCUT2D eigenvalue weighted by Crippen LogP contribution is 2.27. The fourth-order valence-corrected chi connectivity index (χ4v) is 3.31. The van der Waals surface area contributed by atoms with Gasteiger partial charge < -0.3 is 9.47 Å². The second-order valence-corrected chi connectivity index (χ2v) is 6.98. The maximum Gasteiger partial charge on any atom is 0.189 e. The molecule has 0 radical (unpaired) electrons. The van der Waals surface area contributed by atoms with Crippen molar-refractivity contribution in [3.05, 3.63) is 102 Å². The topological polar surface area (TPSA) is 53.4 Å². The van der Waals surface area contributed by atoms with Crippen LogP contribution in [0.4, 0.5) is 4.39 Å². The Hall–Kier alpha value is -4.19. The highest BCUT2D eigenvalue weighted by atomic mass is 19.1. The number of carbonyl (C=O) groups excluding carboxylic acids is 1. The predicted molar refractivity (Wildman–Crippen MR) is 122 cm³/mol. The Morgan fingerprint density at radius 3 is 2.41 bits per heavy atom. The molecule has 0 fully saturated rings. The maximum atomic E-state index is 13.4. The van der Waals surface area contributed by atoms with Crippen molar-refractivity contribution in [2.45, 2.75) is 0 Å². The van der Waals surface area contributed by atoms with E-state index in [9.17, 15) is 9.18 Å². The Morgan fingerprint density at radius 2 is 1.72 bits per heavy atom. The second kappa shape index (κ2) is 9.31. The van der Waals surface area contributed by atoms with Crippen molar-refractivity contribution in [3.63, 3.8) is 0 Å². The lowest BCUT2D eigenvalue weighted by atomic mass is 10.1. The second-order valence-electron chi connectivity index (χ2n) is 6.98. The zero-order valence-electron chi connectivity index (χ0n) is 17.7. The van der Waals surface area contributed by atoms with Crippen molar-refractivity contribution in [2.75, 3.05) is 14.2 Å². The minimum Gasteiger partial charge on any atom is -0.497 e.